The van der Waals surface area contributed by atoms with Gasteiger partial charge in [-0.25, -0.2) is 0 Å². The van der Waals surface area contributed by atoms with E-state index >= 15 is 0 Å². The normalized spacial score (nSPS) is 15.9. The lowest BCUT2D eigenvalue weighted by molar-refractivity contribution is -0.132. The van der Waals surface area contributed by atoms with Crippen LogP contribution in [0, 0.1) is 0 Å². The van der Waals surface area contributed by atoms with Gasteiger partial charge in [-0.05, 0) is 18.4 Å². The van der Waals surface area contributed by atoms with E-state index in [0.717, 1.165) is 31.5 Å². The molecule has 0 radical (unpaired) electrons. The van der Waals surface area contributed by atoms with Gasteiger partial charge in [0.1, 0.15) is 0 Å². The molecule has 2 rings (SSSR count). The zero-order chi connectivity index (χ0) is 14.4. The van der Waals surface area contributed by atoms with E-state index in [2.05, 4.69) is 5.32 Å². The molecule has 1 heterocycles. The summed E-state index contributed by atoms with van der Waals surface area (Å²) >= 11 is 0. The highest BCUT2D eigenvalue weighted by molar-refractivity contribution is 5.79. The fourth-order valence-electron chi connectivity index (χ4n) is 2.56. The number of hydrogen-bond donors (Lipinski definition) is 1. The smallest absolute Gasteiger partial charge is 0.224 e. The summed E-state index contributed by atoms with van der Waals surface area (Å²) in [5, 5.41) is 3.07. The lowest BCUT2D eigenvalue weighted by Crippen LogP contribution is -2.46. The van der Waals surface area contributed by atoms with Gasteiger partial charge in [0, 0.05) is 25.6 Å². The Balaban J connectivity index is 1.75. The van der Waals surface area contributed by atoms with Crippen molar-refractivity contribution >= 4 is 11.8 Å². The highest BCUT2D eigenvalue weighted by Gasteiger charge is 2.22. The van der Waals surface area contributed by atoms with Crippen LogP contribution in [0.5, 0.6) is 0 Å². The lowest BCUT2D eigenvalue weighted by Gasteiger charge is -2.32. The summed E-state index contributed by atoms with van der Waals surface area (Å²) in [6, 6.07) is 9.95. The van der Waals surface area contributed by atoms with Crippen molar-refractivity contribution in [1.29, 1.82) is 0 Å². The zero-order valence-electron chi connectivity index (χ0n) is 12.0. The molecule has 1 aromatic carbocycles. The third kappa shape index (κ3) is 4.08. The first-order valence-corrected chi connectivity index (χ1v) is 7.30. The van der Waals surface area contributed by atoms with E-state index in [-0.39, 0.29) is 17.9 Å². The maximum atomic E-state index is 12.0. The van der Waals surface area contributed by atoms with Gasteiger partial charge in [0.15, 0.2) is 0 Å². The first kappa shape index (κ1) is 14.6. The molecule has 1 aliphatic heterocycles. The van der Waals surface area contributed by atoms with Crippen LogP contribution in [0.4, 0.5) is 0 Å². The van der Waals surface area contributed by atoms with Gasteiger partial charge in [-0.2, -0.15) is 0 Å². The molecule has 2 amide bonds. The van der Waals surface area contributed by atoms with Gasteiger partial charge in [0.05, 0.1) is 6.42 Å². The summed E-state index contributed by atoms with van der Waals surface area (Å²) in [5.41, 5.74) is 1.03. The number of rotatable bonds is 4. The van der Waals surface area contributed by atoms with Gasteiger partial charge in [-0.3, -0.25) is 9.59 Å². The van der Waals surface area contributed by atoms with E-state index in [1.807, 2.05) is 42.2 Å². The van der Waals surface area contributed by atoms with Crippen LogP contribution >= 0.6 is 0 Å². The number of piperidine rings is 1. The Labute approximate surface area is 120 Å². The van der Waals surface area contributed by atoms with Crippen LogP contribution in [0.25, 0.3) is 0 Å². The van der Waals surface area contributed by atoms with Crippen LogP contribution in [0.1, 0.15) is 31.7 Å². The highest BCUT2D eigenvalue weighted by atomic mass is 16.2. The van der Waals surface area contributed by atoms with Crippen LogP contribution in [-0.4, -0.2) is 35.8 Å². The maximum absolute atomic E-state index is 12.0. The van der Waals surface area contributed by atoms with Crippen molar-refractivity contribution in [3.8, 4) is 0 Å². The fraction of sp³-hybridized carbons (Fsp3) is 0.500. The first-order valence-electron chi connectivity index (χ1n) is 7.30. The van der Waals surface area contributed by atoms with Crippen LogP contribution < -0.4 is 5.32 Å². The van der Waals surface area contributed by atoms with Crippen LogP contribution in [0.2, 0.25) is 0 Å². The Morgan fingerprint density at radius 1 is 1.20 bits per heavy atom. The Hall–Kier alpha value is -1.84. The minimum atomic E-state index is 0.0662. The number of carbonyl (C=O) groups excluding carboxylic acids is 2. The zero-order valence-corrected chi connectivity index (χ0v) is 12.0. The summed E-state index contributed by atoms with van der Waals surface area (Å²) < 4.78 is 0. The molecule has 1 N–H and O–H groups in total. The number of nitrogens with zero attached hydrogens (tertiary/aromatic N) is 1. The Morgan fingerprint density at radius 3 is 2.45 bits per heavy atom. The van der Waals surface area contributed by atoms with Gasteiger partial charge in [0.2, 0.25) is 11.8 Å². The minimum absolute atomic E-state index is 0.0662. The molecule has 0 atom stereocenters. The standard InChI is InChI=1S/C16H22N2O2/c1-2-16(20)18-10-8-14(9-11-18)17-15(19)12-13-6-4-3-5-7-13/h3-7,14H,2,8-12H2,1H3,(H,17,19). The second-order valence-corrected chi connectivity index (χ2v) is 5.24. The SMILES string of the molecule is CCC(=O)N1CCC(NC(=O)Cc2ccccc2)CC1. The predicted octanol–water partition coefficient (Wildman–Crippen LogP) is 1.75. The van der Waals surface area contributed by atoms with Gasteiger partial charge in [-0.15, -0.1) is 0 Å². The van der Waals surface area contributed by atoms with E-state index in [4.69, 9.17) is 0 Å². The molecular weight excluding hydrogens is 252 g/mol. The molecule has 108 valence electrons. The van der Waals surface area contributed by atoms with Crippen molar-refractivity contribution in [2.75, 3.05) is 13.1 Å². The molecule has 1 fully saturated rings. The molecule has 0 unspecified atom stereocenters. The van der Waals surface area contributed by atoms with E-state index < -0.39 is 0 Å². The average Bonchev–Trinajstić information content (AvgIpc) is 2.48. The lowest BCUT2D eigenvalue weighted by atomic mass is 10.0. The van der Waals surface area contributed by atoms with Crippen molar-refractivity contribution in [2.24, 2.45) is 0 Å². The van der Waals surface area contributed by atoms with Crippen LogP contribution in [-0.2, 0) is 16.0 Å². The van der Waals surface area contributed by atoms with Gasteiger partial charge < -0.3 is 10.2 Å². The molecule has 0 saturated carbocycles. The van der Waals surface area contributed by atoms with Gasteiger partial charge >= 0.3 is 0 Å². The molecule has 1 saturated heterocycles. The largest absolute Gasteiger partial charge is 0.353 e. The molecule has 4 heteroatoms. The Bertz CT molecular complexity index is 451. The van der Waals surface area contributed by atoms with E-state index in [0.29, 0.717) is 12.8 Å². The number of nitrogens with one attached hydrogen (secondary N) is 1. The van der Waals surface area contributed by atoms with E-state index in [1.165, 1.54) is 0 Å². The number of benzene rings is 1. The number of likely N-dealkylation sites (tertiary alicyclic amines) is 1. The molecule has 0 aromatic heterocycles. The van der Waals surface area contributed by atoms with Crippen LogP contribution in [0.3, 0.4) is 0 Å². The Kier molecular flexibility index (Phi) is 5.16. The molecule has 0 spiro atoms. The van der Waals surface area contributed by atoms with Crippen molar-refractivity contribution in [3.05, 3.63) is 35.9 Å². The monoisotopic (exact) mass is 274 g/mol. The van der Waals surface area contributed by atoms with Gasteiger partial charge in [0.25, 0.3) is 0 Å². The van der Waals surface area contributed by atoms with Crippen molar-refractivity contribution in [2.45, 2.75) is 38.6 Å². The summed E-state index contributed by atoms with van der Waals surface area (Å²) in [7, 11) is 0. The molecule has 1 aliphatic rings. The first-order chi connectivity index (χ1) is 9.69. The molecule has 1 aromatic rings. The second kappa shape index (κ2) is 7.08. The van der Waals surface area contributed by atoms with E-state index in [9.17, 15) is 9.59 Å². The quantitative estimate of drug-likeness (QED) is 0.909. The maximum Gasteiger partial charge on any atom is 0.224 e. The Morgan fingerprint density at radius 2 is 1.85 bits per heavy atom. The third-order valence-electron chi connectivity index (χ3n) is 3.72. The topological polar surface area (TPSA) is 49.4 Å². The molecule has 20 heavy (non-hydrogen) atoms. The summed E-state index contributed by atoms with van der Waals surface area (Å²) in [5.74, 6) is 0.274. The van der Waals surface area contributed by atoms with Crippen molar-refractivity contribution in [1.82, 2.24) is 10.2 Å². The van der Waals surface area contributed by atoms with Crippen LogP contribution in [0.15, 0.2) is 30.3 Å². The molecule has 0 bridgehead atoms. The van der Waals surface area contributed by atoms with Gasteiger partial charge in [-0.1, -0.05) is 37.3 Å². The highest BCUT2D eigenvalue weighted by Crippen LogP contribution is 2.11. The second-order valence-electron chi connectivity index (χ2n) is 5.24. The molecule has 4 nitrogen and oxygen atoms in total. The molecule has 0 aliphatic carbocycles. The summed E-state index contributed by atoms with van der Waals surface area (Å²) in [4.78, 5) is 25.4. The third-order valence-corrected chi connectivity index (χ3v) is 3.72. The fourth-order valence-corrected chi connectivity index (χ4v) is 2.56. The minimum Gasteiger partial charge on any atom is -0.353 e. The number of amides is 2. The summed E-state index contributed by atoms with van der Waals surface area (Å²) in [6.07, 6.45) is 2.69. The van der Waals surface area contributed by atoms with Crippen molar-refractivity contribution in [3.63, 3.8) is 0 Å². The summed E-state index contributed by atoms with van der Waals surface area (Å²) in [6.45, 7) is 3.39. The molecular formula is C16H22N2O2. The van der Waals surface area contributed by atoms with Crippen molar-refractivity contribution < 1.29 is 9.59 Å². The average molecular weight is 274 g/mol. The number of hydrogen-bond acceptors (Lipinski definition) is 2. The number of carbonyl (C=O) groups is 2. The predicted molar refractivity (Wildman–Crippen MR) is 78.2 cm³/mol. The van der Waals surface area contributed by atoms with E-state index in [1.54, 1.807) is 0 Å².